The molecule has 1 saturated heterocycles. The van der Waals surface area contributed by atoms with Crippen LogP contribution in [0.15, 0.2) is 12.7 Å². The van der Waals surface area contributed by atoms with E-state index >= 15 is 0 Å². The summed E-state index contributed by atoms with van der Waals surface area (Å²) >= 11 is 0. The SMILES string of the molecule is C=CCOC1(CC)CCN(C(=O)OC(C)(C)C)CC1. The van der Waals surface area contributed by atoms with Crippen molar-refractivity contribution in [2.75, 3.05) is 19.7 Å². The summed E-state index contributed by atoms with van der Waals surface area (Å²) in [5, 5.41) is 0. The molecule has 1 rings (SSSR count). The third-order valence-electron chi connectivity index (χ3n) is 3.48. The van der Waals surface area contributed by atoms with E-state index in [2.05, 4.69) is 13.5 Å². The van der Waals surface area contributed by atoms with Gasteiger partial charge in [0.25, 0.3) is 0 Å². The molecule has 1 aliphatic rings. The van der Waals surface area contributed by atoms with Crippen LogP contribution in [0.4, 0.5) is 4.79 Å². The van der Waals surface area contributed by atoms with Gasteiger partial charge in [0.15, 0.2) is 0 Å². The van der Waals surface area contributed by atoms with Crippen molar-refractivity contribution in [3.63, 3.8) is 0 Å². The molecule has 1 aliphatic heterocycles. The number of likely N-dealkylation sites (tertiary alicyclic amines) is 1. The van der Waals surface area contributed by atoms with Crippen LogP contribution in [0.5, 0.6) is 0 Å². The van der Waals surface area contributed by atoms with Gasteiger partial charge in [-0.1, -0.05) is 13.0 Å². The van der Waals surface area contributed by atoms with Crippen molar-refractivity contribution in [2.24, 2.45) is 0 Å². The Labute approximate surface area is 116 Å². The van der Waals surface area contributed by atoms with Gasteiger partial charge in [-0.05, 0) is 40.0 Å². The van der Waals surface area contributed by atoms with Crippen LogP contribution in [0.1, 0.15) is 47.0 Å². The lowest BCUT2D eigenvalue weighted by Crippen LogP contribution is -2.49. The molecule has 0 spiro atoms. The zero-order chi connectivity index (χ0) is 14.5. The summed E-state index contributed by atoms with van der Waals surface area (Å²) in [4.78, 5) is 13.7. The Morgan fingerprint density at radius 2 is 1.95 bits per heavy atom. The normalized spacial score (nSPS) is 19.1. The van der Waals surface area contributed by atoms with E-state index in [-0.39, 0.29) is 11.7 Å². The molecular weight excluding hydrogens is 242 g/mol. The predicted octanol–water partition coefficient (Wildman–Crippen LogP) is 3.37. The van der Waals surface area contributed by atoms with Gasteiger partial charge in [-0.15, -0.1) is 6.58 Å². The van der Waals surface area contributed by atoms with Crippen molar-refractivity contribution in [3.05, 3.63) is 12.7 Å². The van der Waals surface area contributed by atoms with E-state index in [1.54, 1.807) is 11.0 Å². The number of amides is 1. The topological polar surface area (TPSA) is 38.8 Å². The van der Waals surface area contributed by atoms with Crippen molar-refractivity contribution in [1.82, 2.24) is 4.90 Å². The minimum Gasteiger partial charge on any atom is -0.444 e. The lowest BCUT2D eigenvalue weighted by atomic mass is 9.88. The first kappa shape index (κ1) is 16.0. The molecular formula is C15H27NO3. The summed E-state index contributed by atoms with van der Waals surface area (Å²) in [6.45, 7) is 13.4. The quantitative estimate of drug-likeness (QED) is 0.734. The Morgan fingerprint density at radius 1 is 1.37 bits per heavy atom. The summed E-state index contributed by atoms with van der Waals surface area (Å²) in [6.07, 6.45) is 4.23. The van der Waals surface area contributed by atoms with Crippen molar-refractivity contribution < 1.29 is 14.3 Å². The minimum absolute atomic E-state index is 0.104. The summed E-state index contributed by atoms with van der Waals surface area (Å²) in [7, 11) is 0. The van der Waals surface area contributed by atoms with Crippen LogP contribution in [-0.4, -0.2) is 41.9 Å². The maximum atomic E-state index is 12.0. The van der Waals surface area contributed by atoms with Crippen LogP contribution in [0.2, 0.25) is 0 Å². The van der Waals surface area contributed by atoms with Crippen LogP contribution in [-0.2, 0) is 9.47 Å². The highest BCUT2D eigenvalue weighted by molar-refractivity contribution is 5.68. The molecule has 0 radical (unpaired) electrons. The average molecular weight is 269 g/mol. The first-order valence-corrected chi connectivity index (χ1v) is 7.05. The molecule has 0 bridgehead atoms. The molecule has 0 atom stereocenters. The number of piperidine rings is 1. The van der Waals surface area contributed by atoms with Gasteiger partial charge in [-0.25, -0.2) is 4.79 Å². The number of ether oxygens (including phenoxy) is 2. The zero-order valence-electron chi connectivity index (χ0n) is 12.7. The number of hydrogen-bond donors (Lipinski definition) is 0. The molecule has 0 aromatic rings. The Hall–Kier alpha value is -1.03. The largest absolute Gasteiger partial charge is 0.444 e. The molecule has 1 heterocycles. The second-order valence-corrected chi connectivity index (χ2v) is 6.10. The fourth-order valence-corrected chi connectivity index (χ4v) is 2.26. The minimum atomic E-state index is -0.435. The van der Waals surface area contributed by atoms with Gasteiger partial charge in [0.05, 0.1) is 12.2 Å². The molecule has 0 aromatic heterocycles. The number of nitrogens with zero attached hydrogens (tertiary/aromatic N) is 1. The fourth-order valence-electron chi connectivity index (χ4n) is 2.26. The van der Waals surface area contributed by atoms with Gasteiger partial charge in [-0.2, -0.15) is 0 Å². The number of hydrogen-bond acceptors (Lipinski definition) is 3. The van der Waals surface area contributed by atoms with Crippen LogP contribution in [0, 0.1) is 0 Å². The van der Waals surface area contributed by atoms with E-state index in [9.17, 15) is 4.79 Å². The van der Waals surface area contributed by atoms with Gasteiger partial charge in [-0.3, -0.25) is 0 Å². The summed E-state index contributed by atoms with van der Waals surface area (Å²) in [5.74, 6) is 0. The smallest absolute Gasteiger partial charge is 0.410 e. The Kier molecular flexibility index (Phi) is 5.41. The monoisotopic (exact) mass is 269 g/mol. The number of carbonyl (C=O) groups is 1. The molecule has 0 aliphatic carbocycles. The first-order chi connectivity index (χ1) is 8.82. The maximum Gasteiger partial charge on any atom is 0.410 e. The highest BCUT2D eigenvalue weighted by Gasteiger charge is 2.36. The maximum absolute atomic E-state index is 12.0. The fraction of sp³-hybridized carbons (Fsp3) is 0.800. The van der Waals surface area contributed by atoms with Gasteiger partial charge in [0.2, 0.25) is 0 Å². The molecule has 4 nitrogen and oxygen atoms in total. The second-order valence-electron chi connectivity index (χ2n) is 6.10. The van der Waals surface area contributed by atoms with Crippen LogP contribution < -0.4 is 0 Å². The van der Waals surface area contributed by atoms with E-state index in [0.717, 1.165) is 19.3 Å². The van der Waals surface area contributed by atoms with Crippen LogP contribution >= 0.6 is 0 Å². The van der Waals surface area contributed by atoms with Gasteiger partial charge >= 0.3 is 6.09 Å². The predicted molar refractivity (Wildman–Crippen MR) is 76.2 cm³/mol. The van der Waals surface area contributed by atoms with Crippen LogP contribution in [0.25, 0.3) is 0 Å². The standard InChI is InChI=1S/C15H27NO3/c1-6-12-18-15(7-2)8-10-16(11-9-15)13(17)19-14(3,4)5/h6H,1,7-12H2,2-5H3. The van der Waals surface area contributed by atoms with Gasteiger partial charge in [0, 0.05) is 13.1 Å². The van der Waals surface area contributed by atoms with Crippen LogP contribution in [0.3, 0.4) is 0 Å². The van der Waals surface area contributed by atoms with E-state index < -0.39 is 5.60 Å². The van der Waals surface area contributed by atoms with E-state index in [4.69, 9.17) is 9.47 Å². The Balaban J connectivity index is 2.51. The van der Waals surface area contributed by atoms with Gasteiger partial charge in [0.1, 0.15) is 5.60 Å². The molecule has 110 valence electrons. The molecule has 0 aromatic carbocycles. The molecule has 0 unspecified atom stereocenters. The van der Waals surface area contributed by atoms with Crippen molar-refractivity contribution >= 4 is 6.09 Å². The third kappa shape index (κ3) is 4.86. The molecule has 0 N–H and O–H groups in total. The molecule has 1 amide bonds. The number of rotatable bonds is 4. The summed E-state index contributed by atoms with van der Waals surface area (Å²) in [5.41, 5.74) is -0.539. The highest BCUT2D eigenvalue weighted by atomic mass is 16.6. The molecule has 19 heavy (non-hydrogen) atoms. The van der Waals surface area contributed by atoms with Gasteiger partial charge < -0.3 is 14.4 Å². The number of carbonyl (C=O) groups excluding carboxylic acids is 1. The second kappa shape index (κ2) is 6.42. The Morgan fingerprint density at radius 3 is 2.37 bits per heavy atom. The average Bonchev–Trinajstić information content (AvgIpc) is 2.35. The van der Waals surface area contributed by atoms with E-state index in [1.807, 2.05) is 20.8 Å². The Bertz CT molecular complexity index is 312. The third-order valence-corrected chi connectivity index (χ3v) is 3.48. The van der Waals surface area contributed by atoms with Crippen molar-refractivity contribution in [1.29, 1.82) is 0 Å². The molecule has 1 fully saturated rings. The molecule has 4 heteroatoms. The first-order valence-electron chi connectivity index (χ1n) is 7.05. The van der Waals surface area contributed by atoms with E-state index in [0.29, 0.717) is 19.7 Å². The lowest BCUT2D eigenvalue weighted by molar-refractivity contribution is -0.0763. The highest BCUT2D eigenvalue weighted by Crippen LogP contribution is 2.30. The van der Waals surface area contributed by atoms with E-state index in [1.165, 1.54) is 0 Å². The molecule has 0 saturated carbocycles. The zero-order valence-corrected chi connectivity index (χ0v) is 12.7. The lowest BCUT2D eigenvalue weighted by Gasteiger charge is -2.41. The van der Waals surface area contributed by atoms with Crippen molar-refractivity contribution in [3.8, 4) is 0 Å². The summed E-state index contributed by atoms with van der Waals surface area (Å²) in [6, 6.07) is 0. The van der Waals surface area contributed by atoms with Crippen molar-refractivity contribution in [2.45, 2.75) is 58.2 Å². The summed E-state index contributed by atoms with van der Waals surface area (Å²) < 4.78 is 11.3.